The minimum atomic E-state index is -0.0513. The first-order valence-corrected chi connectivity index (χ1v) is 7.30. The Morgan fingerprint density at radius 1 is 1.39 bits per heavy atom. The summed E-state index contributed by atoms with van der Waals surface area (Å²) in [4.78, 5) is 2.45. The quantitative estimate of drug-likeness (QED) is 0.719. The van der Waals surface area contributed by atoms with Crippen molar-refractivity contribution in [2.24, 2.45) is 5.73 Å². The highest BCUT2D eigenvalue weighted by Gasteiger charge is 2.34. The normalized spacial score (nSPS) is 25.0. The lowest BCUT2D eigenvalue weighted by Gasteiger charge is -2.44. The Hall–Kier alpha value is -0.160. The van der Waals surface area contributed by atoms with E-state index in [0.717, 1.165) is 32.7 Å². The van der Waals surface area contributed by atoms with Crippen molar-refractivity contribution in [2.75, 3.05) is 39.5 Å². The number of nitrogens with two attached hydrogens (primary N) is 1. The molecule has 0 radical (unpaired) electrons. The number of piperidine rings is 1. The number of hydrogen-bond donors (Lipinski definition) is 1. The Labute approximate surface area is 112 Å². The van der Waals surface area contributed by atoms with Crippen LogP contribution in [0.1, 0.15) is 40.0 Å². The van der Waals surface area contributed by atoms with Gasteiger partial charge in [-0.05, 0) is 39.7 Å². The summed E-state index contributed by atoms with van der Waals surface area (Å²) in [5.41, 5.74) is 5.91. The molecule has 0 amide bonds. The largest absolute Gasteiger partial charge is 0.380 e. The summed E-state index contributed by atoms with van der Waals surface area (Å²) in [6, 6.07) is 0. The summed E-state index contributed by atoms with van der Waals surface area (Å²) < 4.78 is 11.5. The Kier molecular flexibility index (Phi) is 7.15. The summed E-state index contributed by atoms with van der Waals surface area (Å²) in [6.07, 6.45) is 3.82. The zero-order chi connectivity index (χ0) is 13.4. The van der Waals surface area contributed by atoms with E-state index >= 15 is 0 Å². The van der Waals surface area contributed by atoms with E-state index in [1.165, 1.54) is 12.8 Å². The molecule has 1 heterocycles. The predicted octanol–water partition coefficient (Wildman–Crippen LogP) is 1.63. The molecule has 0 aliphatic carbocycles. The van der Waals surface area contributed by atoms with Gasteiger partial charge in [0, 0.05) is 26.3 Å². The molecule has 0 aromatic carbocycles. The lowest BCUT2D eigenvalue weighted by Crippen LogP contribution is -2.59. The zero-order valence-corrected chi connectivity index (χ0v) is 12.3. The van der Waals surface area contributed by atoms with Crippen LogP contribution >= 0.6 is 0 Å². The molecule has 108 valence electrons. The van der Waals surface area contributed by atoms with E-state index in [1.54, 1.807) is 0 Å². The maximum Gasteiger partial charge on any atom is 0.0702 e. The van der Waals surface area contributed by atoms with E-state index in [0.29, 0.717) is 19.3 Å². The van der Waals surface area contributed by atoms with Gasteiger partial charge in [-0.15, -0.1) is 0 Å². The third kappa shape index (κ3) is 4.50. The van der Waals surface area contributed by atoms with E-state index in [-0.39, 0.29) is 5.54 Å². The first-order valence-electron chi connectivity index (χ1n) is 7.30. The van der Waals surface area contributed by atoms with E-state index in [9.17, 15) is 0 Å². The van der Waals surface area contributed by atoms with Gasteiger partial charge < -0.3 is 15.2 Å². The molecular formula is C14H30N2O2. The monoisotopic (exact) mass is 258 g/mol. The van der Waals surface area contributed by atoms with Gasteiger partial charge in [0.1, 0.15) is 0 Å². The molecule has 0 aromatic heterocycles. The SMILES string of the molecule is CCCOC1CCCN(C(C)(CN)COCC)C1. The standard InChI is InChI=1S/C14H30N2O2/c1-4-9-18-13-7-6-8-16(10-13)14(3,11-15)12-17-5-2/h13H,4-12,15H2,1-3H3. The minimum Gasteiger partial charge on any atom is -0.380 e. The van der Waals surface area contributed by atoms with Crippen molar-refractivity contribution in [1.29, 1.82) is 0 Å². The Balaban J connectivity index is 2.51. The third-order valence-corrected chi connectivity index (χ3v) is 3.76. The number of ether oxygens (including phenoxy) is 2. The van der Waals surface area contributed by atoms with Gasteiger partial charge in [-0.25, -0.2) is 0 Å². The van der Waals surface area contributed by atoms with Gasteiger partial charge in [0.05, 0.1) is 18.2 Å². The van der Waals surface area contributed by atoms with Gasteiger partial charge in [0.25, 0.3) is 0 Å². The average Bonchev–Trinajstić information content (AvgIpc) is 2.42. The van der Waals surface area contributed by atoms with E-state index in [2.05, 4.69) is 18.7 Å². The van der Waals surface area contributed by atoms with Gasteiger partial charge in [-0.3, -0.25) is 4.90 Å². The molecule has 0 aromatic rings. The van der Waals surface area contributed by atoms with Crippen LogP contribution in [0.2, 0.25) is 0 Å². The molecule has 0 spiro atoms. The molecule has 0 saturated carbocycles. The summed E-state index contributed by atoms with van der Waals surface area (Å²) >= 11 is 0. The van der Waals surface area contributed by atoms with E-state index < -0.39 is 0 Å². The van der Waals surface area contributed by atoms with Crippen molar-refractivity contribution >= 4 is 0 Å². The van der Waals surface area contributed by atoms with Crippen molar-refractivity contribution < 1.29 is 9.47 Å². The lowest BCUT2D eigenvalue weighted by atomic mass is 9.96. The second kappa shape index (κ2) is 8.10. The molecule has 1 aliphatic heterocycles. The van der Waals surface area contributed by atoms with Crippen LogP contribution in [-0.4, -0.2) is 56.0 Å². The number of nitrogens with zero attached hydrogens (tertiary/aromatic N) is 1. The summed E-state index contributed by atoms with van der Waals surface area (Å²) in [5, 5.41) is 0. The summed E-state index contributed by atoms with van der Waals surface area (Å²) in [5.74, 6) is 0. The molecule has 1 aliphatic rings. The molecule has 2 unspecified atom stereocenters. The molecule has 4 nitrogen and oxygen atoms in total. The second-order valence-electron chi connectivity index (χ2n) is 5.42. The minimum absolute atomic E-state index is 0.0513. The van der Waals surface area contributed by atoms with Gasteiger partial charge >= 0.3 is 0 Å². The molecule has 18 heavy (non-hydrogen) atoms. The smallest absolute Gasteiger partial charge is 0.0702 e. The molecule has 2 atom stereocenters. The number of rotatable bonds is 8. The second-order valence-corrected chi connectivity index (χ2v) is 5.42. The van der Waals surface area contributed by atoms with Crippen LogP contribution in [0.3, 0.4) is 0 Å². The first kappa shape index (κ1) is 15.9. The molecule has 1 saturated heterocycles. The first-order chi connectivity index (χ1) is 8.66. The average molecular weight is 258 g/mol. The van der Waals surface area contributed by atoms with Crippen LogP contribution in [0.25, 0.3) is 0 Å². The van der Waals surface area contributed by atoms with Crippen molar-refractivity contribution in [1.82, 2.24) is 4.90 Å². The fourth-order valence-electron chi connectivity index (χ4n) is 2.45. The topological polar surface area (TPSA) is 47.7 Å². The maximum atomic E-state index is 5.96. The molecule has 2 N–H and O–H groups in total. The number of likely N-dealkylation sites (tertiary alicyclic amines) is 1. The summed E-state index contributed by atoms with van der Waals surface area (Å²) in [7, 11) is 0. The van der Waals surface area contributed by atoms with Crippen molar-refractivity contribution in [3.8, 4) is 0 Å². The zero-order valence-electron chi connectivity index (χ0n) is 12.3. The Morgan fingerprint density at radius 3 is 2.78 bits per heavy atom. The fourth-order valence-corrected chi connectivity index (χ4v) is 2.45. The van der Waals surface area contributed by atoms with Crippen LogP contribution in [0.5, 0.6) is 0 Å². The van der Waals surface area contributed by atoms with Crippen LogP contribution in [0, 0.1) is 0 Å². The predicted molar refractivity (Wildman–Crippen MR) is 74.8 cm³/mol. The highest BCUT2D eigenvalue weighted by atomic mass is 16.5. The van der Waals surface area contributed by atoms with Crippen molar-refractivity contribution in [3.05, 3.63) is 0 Å². The summed E-state index contributed by atoms with van der Waals surface area (Å²) in [6.45, 7) is 11.4. The highest BCUT2D eigenvalue weighted by Crippen LogP contribution is 2.22. The molecular weight excluding hydrogens is 228 g/mol. The van der Waals surface area contributed by atoms with Crippen molar-refractivity contribution in [3.63, 3.8) is 0 Å². The molecule has 1 fully saturated rings. The fraction of sp³-hybridized carbons (Fsp3) is 1.00. The third-order valence-electron chi connectivity index (χ3n) is 3.76. The van der Waals surface area contributed by atoms with E-state index in [1.807, 2.05) is 6.92 Å². The molecule has 1 rings (SSSR count). The van der Waals surface area contributed by atoms with Gasteiger partial charge in [0.2, 0.25) is 0 Å². The molecule has 0 bridgehead atoms. The van der Waals surface area contributed by atoms with Crippen LogP contribution < -0.4 is 5.73 Å². The van der Waals surface area contributed by atoms with E-state index in [4.69, 9.17) is 15.2 Å². The van der Waals surface area contributed by atoms with Crippen molar-refractivity contribution in [2.45, 2.75) is 51.7 Å². The van der Waals surface area contributed by atoms with Crippen LogP contribution in [0.15, 0.2) is 0 Å². The highest BCUT2D eigenvalue weighted by molar-refractivity contribution is 4.91. The Bertz CT molecular complexity index is 226. The van der Waals surface area contributed by atoms with Gasteiger partial charge in [-0.2, -0.15) is 0 Å². The Morgan fingerprint density at radius 2 is 2.17 bits per heavy atom. The lowest BCUT2D eigenvalue weighted by molar-refractivity contribution is -0.0557. The number of hydrogen-bond acceptors (Lipinski definition) is 4. The van der Waals surface area contributed by atoms with Crippen LogP contribution in [0.4, 0.5) is 0 Å². The van der Waals surface area contributed by atoms with Crippen LogP contribution in [-0.2, 0) is 9.47 Å². The van der Waals surface area contributed by atoms with Gasteiger partial charge in [-0.1, -0.05) is 6.92 Å². The van der Waals surface area contributed by atoms with Gasteiger partial charge in [0.15, 0.2) is 0 Å². The molecule has 4 heteroatoms. The maximum absolute atomic E-state index is 5.96.